The van der Waals surface area contributed by atoms with E-state index in [0.29, 0.717) is 0 Å². The molecule has 0 radical (unpaired) electrons. The number of hydrogen-bond donors (Lipinski definition) is 2. The summed E-state index contributed by atoms with van der Waals surface area (Å²) in [4.78, 5) is 38.4. The molecule has 98 valence electrons. The Bertz CT molecular complexity index is 310. The Hall–Kier alpha value is 0.380. The Morgan fingerprint density at radius 3 is 1.21 bits per heavy atom. The van der Waals surface area contributed by atoms with Crippen LogP contribution in [0.5, 0.6) is 0 Å². The second-order valence-corrected chi connectivity index (χ2v) is 2.68. The zero-order valence-corrected chi connectivity index (χ0v) is 15.2. The molecule has 0 aliphatic heterocycles. The van der Waals surface area contributed by atoms with Gasteiger partial charge >= 0.3 is 83.2 Å². The Morgan fingerprint density at radius 2 is 1.11 bits per heavy atom. The van der Waals surface area contributed by atoms with Crippen molar-refractivity contribution in [3.05, 3.63) is 0 Å². The average Bonchev–Trinajstić information content (AvgIpc) is 1.98. The number of carboxylic acids is 3. The van der Waals surface area contributed by atoms with E-state index in [9.17, 15) is 29.7 Å². The van der Waals surface area contributed by atoms with E-state index >= 15 is 0 Å². The van der Waals surface area contributed by atoms with E-state index in [1.165, 1.54) is 0 Å². The van der Waals surface area contributed by atoms with Crippen molar-refractivity contribution in [2.75, 3.05) is 0 Å². The largest absolute Gasteiger partial charge is 2.00 e. The first-order chi connectivity index (χ1) is 7.51. The Labute approximate surface area is 173 Å². The summed E-state index contributed by atoms with van der Waals surface area (Å²) < 4.78 is 0. The monoisotopic (exact) mass is 378 g/mol. The first-order valence-corrected chi connectivity index (χ1v) is 3.74. The SMILES string of the molecule is O=C([O-])CC(O)(CC(=O)[O-])C(=O)[O-].O=C([O-])O.[Ca+2].[Sr+2]. The van der Waals surface area contributed by atoms with Gasteiger partial charge in [0.1, 0.15) is 5.60 Å². The predicted octanol–water partition coefficient (Wildman–Crippen LogP) is -7.13. The summed E-state index contributed by atoms with van der Waals surface area (Å²) in [6.07, 6.45) is -4.80. The summed E-state index contributed by atoms with van der Waals surface area (Å²) in [7, 11) is 0. The minimum Gasteiger partial charge on any atom is -0.565 e. The van der Waals surface area contributed by atoms with Crippen LogP contribution in [0.2, 0.25) is 0 Å². The minimum atomic E-state index is -2.97. The Morgan fingerprint density at radius 1 is 0.895 bits per heavy atom. The van der Waals surface area contributed by atoms with Gasteiger partial charge in [-0.2, -0.15) is 0 Å². The zero-order chi connectivity index (χ0) is 14.2. The van der Waals surface area contributed by atoms with Crippen LogP contribution in [-0.2, 0) is 14.4 Å². The molecule has 0 saturated heterocycles. The van der Waals surface area contributed by atoms with Crippen molar-refractivity contribution >= 4 is 107 Å². The van der Waals surface area contributed by atoms with E-state index in [2.05, 4.69) is 0 Å². The van der Waals surface area contributed by atoms with Crippen LogP contribution in [0, 0.1) is 0 Å². The molecule has 0 aromatic heterocycles. The van der Waals surface area contributed by atoms with Crippen LogP contribution in [0.3, 0.4) is 0 Å². The number of hydrogen-bond acceptors (Lipinski definition) is 9. The van der Waals surface area contributed by atoms with Crippen LogP contribution in [0.25, 0.3) is 0 Å². The molecule has 0 heterocycles. The summed E-state index contributed by atoms with van der Waals surface area (Å²) in [5.41, 5.74) is -2.97. The second-order valence-electron chi connectivity index (χ2n) is 2.68. The fourth-order valence-electron chi connectivity index (χ4n) is 0.684. The molecule has 0 unspecified atom stereocenters. The fourth-order valence-corrected chi connectivity index (χ4v) is 0.684. The second kappa shape index (κ2) is 13.4. The smallest absolute Gasteiger partial charge is 0.565 e. The maximum Gasteiger partial charge on any atom is 2.00 e. The van der Waals surface area contributed by atoms with Crippen LogP contribution < -0.4 is 20.4 Å². The first kappa shape index (κ1) is 27.7. The average molecular weight is 378 g/mol. The quantitative estimate of drug-likeness (QED) is 0.433. The number of rotatable bonds is 5. The fraction of sp³-hybridized carbons (Fsp3) is 0.429. The number of carbonyl (C=O) groups is 4. The van der Waals surface area contributed by atoms with Gasteiger partial charge in [-0.15, -0.1) is 0 Å². The summed E-state index contributed by atoms with van der Waals surface area (Å²) in [5, 5.41) is 54.2. The molecule has 0 bridgehead atoms. The Balaban J connectivity index is -0.000000165. The van der Waals surface area contributed by atoms with Crippen LogP contribution >= 0.6 is 0 Å². The van der Waals surface area contributed by atoms with Gasteiger partial charge in [-0.1, -0.05) is 0 Å². The summed E-state index contributed by atoms with van der Waals surface area (Å²) >= 11 is 0. The Kier molecular flexibility index (Phi) is 19.5. The molecule has 19 heavy (non-hydrogen) atoms. The van der Waals surface area contributed by atoms with Gasteiger partial charge in [0.15, 0.2) is 0 Å². The summed E-state index contributed by atoms with van der Waals surface area (Å²) in [6.45, 7) is 0. The molecule has 0 spiro atoms. The van der Waals surface area contributed by atoms with Crippen molar-refractivity contribution in [1.82, 2.24) is 0 Å². The summed E-state index contributed by atoms with van der Waals surface area (Å²) in [5.74, 6) is -5.98. The molecular weight excluding hydrogens is 372 g/mol. The van der Waals surface area contributed by atoms with Gasteiger partial charge in [-0.25, -0.2) is 0 Å². The van der Waals surface area contributed by atoms with Gasteiger partial charge in [0.2, 0.25) is 6.16 Å². The summed E-state index contributed by atoms with van der Waals surface area (Å²) in [6, 6.07) is 0. The van der Waals surface area contributed by atoms with E-state index in [1.54, 1.807) is 0 Å². The molecule has 2 N–H and O–H groups in total. The van der Waals surface area contributed by atoms with Crippen molar-refractivity contribution in [2.24, 2.45) is 0 Å². The molecule has 10 nitrogen and oxygen atoms in total. The van der Waals surface area contributed by atoms with Crippen molar-refractivity contribution in [3.63, 3.8) is 0 Å². The molecule has 0 saturated carbocycles. The van der Waals surface area contributed by atoms with Crippen molar-refractivity contribution < 1.29 is 49.8 Å². The number of aliphatic carboxylic acids is 3. The first-order valence-electron chi connectivity index (χ1n) is 3.74. The molecule has 0 aliphatic carbocycles. The number of carboxylic acid groups (broad SMARTS) is 5. The molecule has 0 rings (SSSR count). The van der Waals surface area contributed by atoms with Gasteiger partial charge in [0.05, 0.1) is 5.97 Å². The van der Waals surface area contributed by atoms with Crippen molar-refractivity contribution in [1.29, 1.82) is 0 Å². The standard InChI is InChI=1S/C6H8O7.CH2O3.Ca.Sr/c7-3(8)1-6(13,5(11)12)2-4(9)10;2-1(3)4;;/h13H,1-2H2,(H,7,8)(H,9,10)(H,11,12);(H2,2,3,4);;/q;;2*+2/p-4. The third-order valence-electron chi connectivity index (χ3n) is 1.25. The van der Waals surface area contributed by atoms with Gasteiger partial charge in [-0.05, 0) is 0 Å². The topological polar surface area (TPSA) is 201 Å². The number of aliphatic hydroxyl groups is 1. The van der Waals surface area contributed by atoms with Gasteiger partial charge in [0, 0.05) is 24.8 Å². The van der Waals surface area contributed by atoms with Crippen LogP contribution in [0.1, 0.15) is 12.8 Å². The van der Waals surface area contributed by atoms with E-state index < -0.39 is 42.5 Å². The van der Waals surface area contributed by atoms with Crippen LogP contribution in [0.15, 0.2) is 0 Å². The zero-order valence-electron chi connectivity index (χ0n) is 9.49. The molecular formula is C7H6CaO10Sr. The van der Waals surface area contributed by atoms with E-state index in [4.69, 9.17) is 20.1 Å². The minimum absolute atomic E-state index is 0. The van der Waals surface area contributed by atoms with E-state index in [1.807, 2.05) is 0 Å². The maximum absolute atomic E-state index is 10.1. The third-order valence-corrected chi connectivity index (χ3v) is 1.25. The van der Waals surface area contributed by atoms with Gasteiger partial charge in [0.25, 0.3) is 0 Å². The van der Waals surface area contributed by atoms with E-state index in [-0.39, 0.29) is 83.2 Å². The van der Waals surface area contributed by atoms with Gasteiger partial charge in [-0.3, -0.25) is 0 Å². The molecule has 0 fully saturated rings. The van der Waals surface area contributed by atoms with Crippen LogP contribution in [0.4, 0.5) is 4.79 Å². The third kappa shape index (κ3) is 18.4. The number of carbonyl (C=O) groups excluding carboxylic acids is 3. The predicted molar refractivity (Wildman–Crippen MR) is 48.7 cm³/mol. The van der Waals surface area contributed by atoms with Crippen LogP contribution in [-0.4, -0.2) is 123 Å². The molecule has 0 aromatic carbocycles. The molecule has 0 aliphatic rings. The van der Waals surface area contributed by atoms with Crippen molar-refractivity contribution in [3.8, 4) is 0 Å². The van der Waals surface area contributed by atoms with Gasteiger partial charge < -0.3 is 49.8 Å². The molecule has 0 aromatic rings. The normalized spacial score (nSPS) is 8.68. The van der Waals surface area contributed by atoms with E-state index in [0.717, 1.165) is 0 Å². The molecule has 12 heteroatoms. The van der Waals surface area contributed by atoms with Crippen molar-refractivity contribution in [2.45, 2.75) is 18.4 Å². The molecule has 0 atom stereocenters. The molecule has 0 amide bonds. The maximum atomic E-state index is 10.1.